The molecule has 1 fully saturated rings. The van der Waals surface area contributed by atoms with Crippen LogP contribution in [0.4, 0.5) is 0 Å². The molecule has 26 heavy (non-hydrogen) atoms. The average Bonchev–Trinajstić information content (AvgIpc) is 2.96. The Bertz CT molecular complexity index is 943. The maximum Gasteiger partial charge on any atom is 0.257 e. The number of aromatic amines is 1. The smallest absolute Gasteiger partial charge is 0.257 e. The number of nitriles is 1. The average molecular weight is 351 g/mol. The van der Waals surface area contributed by atoms with E-state index in [0.29, 0.717) is 30.8 Å². The summed E-state index contributed by atoms with van der Waals surface area (Å²) in [6.07, 6.45) is 3.39. The largest absolute Gasteiger partial charge is 0.345 e. The first-order valence-electron chi connectivity index (χ1n) is 8.75. The molecule has 1 unspecified atom stereocenters. The normalized spacial score (nSPS) is 18.6. The van der Waals surface area contributed by atoms with E-state index in [0.717, 1.165) is 10.9 Å². The lowest BCUT2D eigenvalue weighted by Crippen LogP contribution is -2.61. The second-order valence-corrected chi connectivity index (χ2v) is 8.17. The van der Waals surface area contributed by atoms with Gasteiger partial charge in [-0.05, 0) is 17.0 Å². The number of nitrogens with zero attached hydrogens (tertiary/aromatic N) is 4. The second kappa shape index (κ2) is 5.56. The number of likely N-dealkylation sites (tertiary alicyclic amines) is 1. The maximum atomic E-state index is 13.2. The van der Waals surface area contributed by atoms with Gasteiger partial charge in [0.1, 0.15) is 11.7 Å². The summed E-state index contributed by atoms with van der Waals surface area (Å²) >= 11 is 0. The number of hydrogen-bond acceptors (Lipinski definition) is 4. The van der Waals surface area contributed by atoms with Gasteiger partial charge < -0.3 is 14.8 Å². The van der Waals surface area contributed by atoms with Crippen LogP contribution in [0.1, 0.15) is 36.7 Å². The fourth-order valence-electron chi connectivity index (χ4n) is 3.93. The molecule has 2 aliphatic heterocycles. The van der Waals surface area contributed by atoms with Crippen LogP contribution in [0.5, 0.6) is 0 Å². The molecular weight excluding hydrogens is 330 g/mol. The molecule has 0 spiro atoms. The SMILES string of the molecule is CC(C)(C)C(C(=O)N1CC(C#N)C1)N1Cc2ccnc3[nH]cc(c23)C1=O. The standard InChI is InChI=1S/C19H21N5O2/c1-19(2,3)15(18(26)23-8-11(6-20)9-23)24-10-12-4-5-21-16-14(12)13(7-22-16)17(24)25/h4-5,7,11,15H,8-10H2,1-3H3,(H,21,22). The van der Waals surface area contributed by atoms with Crippen LogP contribution in [0.15, 0.2) is 18.5 Å². The van der Waals surface area contributed by atoms with E-state index in [4.69, 9.17) is 5.26 Å². The summed E-state index contributed by atoms with van der Waals surface area (Å²) < 4.78 is 0. The summed E-state index contributed by atoms with van der Waals surface area (Å²) in [7, 11) is 0. The molecule has 0 aromatic carbocycles. The highest BCUT2D eigenvalue weighted by molar-refractivity contribution is 6.10. The highest BCUT2D eigenvalue weighted by Crippen LogP contribution is 2.35. The Labute approximate surface area is 151 Å². The molecule has 1 atom stereocenters. The van der Waals surface area contributed by atoms with Crippen LogP contribution < -0.4 is 0 Å². The molecule has 0 radical (unpaired) electrons. The van der Waals surface area contributed by atoms with Gasteiger partial charge >= 0.3 is 0 Å². The van der Waals surface area contributed by atoms with Crippen LogP contribution in [-0.4, -0.2) is 50.7 Å². The monoisotopic (exact) mass is 351 g/mol. The molecule has 2 aliphatic rings. The van der Waals surface area contributed by atoms with Gasteiger partial charge in [-0.3, -0.25) is 9.59 Å². The fraction of sp³-hybridized carbons (Fsp3) is 0.474. The molecule has 2 aromatic rings. The van der Waals surface area contributed by atoms with Crippen molar-refractivity contribution < 1.29 is 9.59 Å². The predicted molar refractivity (Wildman–Crippen MR) is 94.9 cm³/mol. The minimum Gasteiger partial charge on any atom is -0.345 e. The van der Waals surface area contributed by atoms with Crippen molar-refractivity contribution in [1.29, 1.82) is 5.26 Å². The van der Waals surface area contributed by atoms with Crippen LogP contribution in [0.3, 0.4) is 0 Å². The van der Waals surface area contributed by atoms with E-state index in [-0.39, 0.29) is 17.7 Å². The van der Waals surface area contributed by atoms with Gasteiger partial charge in [-0.2, -0.15) is 5.26 Å². The Balaban J connectivity index is 1.70. The molecule has 4 rings (SSSR count). The van der Waals surface area contributed by atoms with Crippen molar-refractivity contribution in [2.24, 2.45) is 11.3 Å². The number of carbonyl (C=O) groups excluding carboxylic acids is 2. The summed E-state index contributed by atoms with van der Waals surface area (Å²) in [6, 6.07) is 3.51. The van der Waals surface area contributed by atoms with Crippen molar-refractivity contribution in [3.05, 3.63) is 29.6 Å². The third-order valence-corrected chi connectivity index (χ3v) is 5.23. The number of pyridine rings is 1. The highest BCUT2D eigenvalue weighted by Gasteiger charge is 2.46. The third-order valence-electron chi connectivity index (χ3n) is 5.23. The van der Waals surface area contributed by atoms with Crippen molar-refractivity contribution in [3.8, 4) is 6.07 Å². The molecule has 4 heterocycles. The molecule has 7 heteroatoms. The van der Waals surface area contributed by atoms with Gasteiger partial charge in [0.05, 0.1) is 17.6 Å². The van der Waals surface area contributed by atoms with Crippen molar-refractivity contribution in [3.63, 3.8) is 0 Å². The fourth-order valence-corrected chi connectivity index (χ4v) is 3.93. The van der Waals surface area contributed by atoms with Crippen molar-refractivity contribution in [2.75, 3.05) is 13.1 Å². The van der Waals surface area contributed by atoms with Crippen molar-refractivity contribution in [2.45, 2.75) is 33.4 Å². The molecule has 134 valence electrons. The third kappa shape index (κ3) is 2.37. The lowest BCUT2D eigenvalue weighted by Gasteiger charge is -2.45. The zero-order valence-electron chi connectivity index (χ0n) is 15.1. The van der Waals surface area contributed by atoms with Gasteiger partial charge in [0.25, 0.3) is 5.91 Å². The predicted octanol–water partition coefficient (Wildman–Crippen LogP) is 1.92. The Morgan fingerprint density at radius 3 is 2.81 bits per heavy atom. The minimum absolute atomic E-state index is 0.0818. The number of hydrogen-bond donors (Lipinski definition) is 1. The van der Waals surface area contributed by atoms with Gasteiger partial charge in [0, 0.05) is 37.4 Å². The van der Waals surface area contributed by atoms with Crippen LogP contribution >= 0.6 is 0 Å². The number of H-pyrrole nitrogens is 1. The van der Waals surface area contributed by atoms with Crippen molar-refractivity contribution >= 4 is 22.8 Å². The summed E-state index contributed by atoms with van der Waals surface area (Å²) in [5.74, 6) is -0.336. The van der Waals surface area contributed by atoms with E-state index in [2.05, 4.69) is 16.0 Å². The zero-order chi connectivity index (χ0) is 18.6. The van der Waals surface area contributed by atoms with Crippen LogP contribution in [-0.2, 0) is 11.3 Å². The van der Waals surface area contributed by atoms with E-state index >= 15 is 0 Å². The van der Waals surface area contributed by atoms with Gasteiger partial charge in [-0.15, -0.1) is 0 Å². The second-order valence-electron chi connectivity index (χ2n) is 8.17. The van der Waals surface area contributed by atoms with E-state index in [1.54, 1.807) is 22.2 Å². The quantitative estimate of drug-likeness (QED) is 0.894. The molecule has 0 saturated carbocycles. The number of aromatic nitrogens is 2. The first kappa shape index (κ1) is 16.6. The molecule has 2 aromatic heterocycles. The Morgan fingerprint density at radius 2 is 2.15 bits per heavy atom. The van der Waals surface area contributed by atoms with Crippen LogP contribution in [0.2, 0.25) is 0 Å². The first-order valence-corrected chi connectivity index (χ1v) is 8.75. The molecule has 1 saturated heterocycles. The van der Waals surface area contributed by atoms with E-state index in [1.165, 1.54) is 0 Å². The van der Waals surface area contributed by atoms with Crippen LogP contribution in [0.25, 0.3) is 11.0 Å². The Morgan fingerprint density at radius 1 is 1.42 bits per heavy atom. The minimum atomic E-state index is -0.582. The molecule has 2 amide bonds. The summed E-state index contributed by atoms with van der Waals surface area (Å²) in [5.41, 5.74) is 1.83. The molecule has 0 aliphatic carbocycles. The molecule has 0 bridgehead atoms. The molecule has 1 N–H and O–H groups in total. The topological polar surface area (TPSA) is 93.1 Å². The number of amides is 2. The van der Waals surface area contributed by atoms with Gasteiger partial charge in [-0.1, -0.05) is 20.8 Å². The van der Waals surface area contributed by atoms with E-state index < -0.39 is 11.5 Å². The van der Waals surface area contributed by atoms with Crippen molar-refractivity contribution in [1.82, 2.24) is 19.8 Å². The number of nitrogens with one attached hydrogen (secondary N) is 1. The van der Waals surface area contributed by atoms with Gasteiger partial charge in [0.15, 0.2) is 0 Å². The number of rotatable bonds is 2. The molecule has 7 nitrogen and oxygen atoms in total. The number of carbonyl (C=O) groups is 2. The Hall–Kier alpha value is -2.88. The first-order chi connectivity index (χ1) is 12.3. The highest BCUT2D eigenvalue weighted by atomic mass is 16.2. The summed E-state index contributed by atoms with van der Waals surface area (Å²) in [4.78, 5) is 37.0. The maximum absolute atomic E-state index is 13.2. The van der Waals surface area contributed by atoms with Gasteiger partial charge in [0.2, 0.25) is 5.91 Å². The Kier molecular flexibility index (Phi) is 3.55. The lowest BCUT2D eigenvalue weighted by molar-refractivity contribution is -0.145. The van der Waals surface area contributed by atoms with Crippen LogP contribution in [0, 0.1) is 22.7 Å². The zero-order valence-corrected chi connectivity index (χ0v) is 15.1. The molecular formula is C19H21N5O2. The van der Waals surface area contributed by atoms with E-state index in [9.17, 15) is 9.59 Å². The lowest BCUT2D eigenvalue weighted by atomic mass is 9.82. The summed E-state index contributed by atoms with van der Waals surface area (Å²) in [5, 5.41) is 9.83. The summed E-state index contributed by atoms with van der Waals surface area (Å²) in [6.45, 7) is 7.18. The van der Waals surface area contributed by atoms with Gasteiger partial charge in [-0.25, -0.2) is 4.98 Å². The van der Waals surface area contributed by atoms with E-state index in [1.807, 2.05) is 26.8 Å².